The zero-order chi connectivity index (χ0) is 19.9. The Hall–Kier alpha value is -2.22. The van der Waals surface area contributed by atoms with Crippen molar-refractivity contribution in [3.8, 4) is 5.75 Å². The number of hydrogen-bond acceptors (Lipinski definition) is 6. The quantitative estimate of drug-likeness (QED) is 0.503. The molecule has 9 heteroatoms. The first-order chi connectivity index (χ1) is 13.5. The lowest BCUT2D eigenvalue weighted by molar-refractivity contribution is -0.118. The van der Waals surface area contributed by atoms with Gasteiger partial charge in [0.25, 0.3) is 11.1 Å². The number of benzene rings is 2. The predicted octanol–water partition coefficient (Wildman–Crippen LogP) is 4.92. The minimum atomic E-state index is -0.507. The van der Waals surface area contributed by atoms with Gasteiger partial charge < -0.3 is 14.5 Å². The lowest BCUT2D eigenvalue weighted by Gasteiger charge is -2.12. The third kappa shape index (κ3) is 5.89. The van der Waals surface area contributed by atoms with Crippen LogP contribution in [0.25, 0.3) is 0 Å². The summed E-state index contributed by atoms with van der Waals surface area (Å²) in [7, 11) is 0. The van der Waals surface area contributed by atoms with Crippen LogP contribution in [0.15, 0.2) is 58.2 Å². The molecular formula is C19H17Cl2N3O3S. The molecule has 1 aromatic heterocycles. The molecule has 3 aromatic rings. The summed E-state index contributed by atoms with van der Waals surface area (Å²) in [5.74, 6) is 0.808. The SMILES string of the molecule is C[C@H](Oc1ccc(Cl)cc1Cl)c1nnc(SCC(=O)NCc2ccccc2)o1. The zero-order valence-corrected chi connectivity index (χ0v) is 17.2. The number of thioether (sulfide) groups is 1. The molecule has 0 saturated heterocycles. The molecule has 1 amide bonds. The van der Waals surface area contributed by atoms with Crippen molar-refractivity contribution in [2.24, 2.45) is 0 Å². The first-order valence-corrected chi connectivity index (χ1v) is 10.1. The van der Waals surface area contributed by atoms with E-state index in [2.05, 4.69) is 15.5 Å². The summed E-state index contributed by atoms with van der Waals surface area (Å²) in [6.07, 6.45) is -0.507. The molecule has 2 aromatic carbocycles. The Morgan fingerprint density at radius 3 is 2.75 bits per heavy atom. The van der Waals surface area contributed by atoms with E-state index in [1.807, 2.05) is 30.3 Å². The van der Waals surface area contributed by atoms with Crippen LogP contribution < -0.4 is 10.1 Å². The molecule has 0 spiro atoms. The maximum Gasteiger partial charge on any atom is 0.277 e. The number of hydrogen-bond donors (Lipinski definition) is 1. The molecule has 6 nitrogen and oxygen atoms in total. The van der Waals surface area contributed by atoms with Crippen LogP contribution in [0.1, 0.15) is 24.5 Å². The van der Waals surface area contributed by atoms with Crippen LogP contribution in [0.5, 0.6) is 5.75 Å². The second-order valence-corrected chi connectivity index (χ2v) is 7.56. The Kier molecular flexibility index (Phi) is 7.19. The van der Waals surface area contributed by atoms with E-state index in [-0.39, 0.29) is 11.7 Å². The molecule has 1 heterocycles. The second kappa shape index (κ2) is 9.82. The molecule has 3 rings (SSSR count). The van der Waals surface area contributed by atoms with Gasteiger partial charge in [0.2, 0.25) is 5.91 Å². The smallest absolute Gasteiger partial charge is 0.277 e. The molecule has 28 heavy (non-hydrogen) atoms. The van der Waals surface area contributed by atoms with Gasteiger partial charge in [-0.25, -0.2) is 0 Å². The summed E-state index contributed by atoms with van der Waals surface area (Å²) in [6.45, 7) is 2.24. The number of carbonyl (C=O) groups excluding carboxylic acids is 1. The Balaban J connectivity index is 1.48. The molecule has 0 saturated carbocycles. The first-order valence-electron chi connectivity index (χ1n) is 8.40. The van der Waals surface area contributed by atoms with E-state index in [0.717, 1.165) is 17.3 Å². The van der Waals surface area contributed by atoms with Crippen molar-refractivity contribution < 1.29 is 13.9 Å². The minimum Gasteiger partial charge on any atom is -0.479 e. The summed E-state index contributed by atoms with van der Waals surface area (Å²) in [5, 5.41) is 12.0. The molecular weight excluding hydrogens is 421 g/mol. The molecule has 0 fully saturated rings. The van der Waals surface area contributed by atoms with E-state index in [0.29, 0.717) is 33.5 Å². The van der Waals surface area contributed by atoms with Crippen LogP contribution in [-0.4, -0.2) is 21.9 Å². The van der Waals surface area contributed by atoms with Gasteiger partial charge in [0, 0.05) is 11.6 Å². The van der Waals surface area contributed by atoms with E-state index < -0.39 is 6.10 Å². The first kappa shape index (κ1) is 20.5. The number of aromatic nitrogens is 2. The fourth-order valence-corrected chi connectivity index (χ4v) is 3.28. The Bertz CT molecular complexity index is 937. The molecule has 146 valence electrons. The maximum absolute atomic E-state index is 12.0. The monoisotopic (exact) mass is 437 g/mol. The van der Waals surface area contributed by atoms with Crippen LogP contribution in [0, 0.1) is 0 Å². The summed E-state index contributed by atoms with van der Waals surface area (Å²) >= 11 is 13.1. The lowest BCUT2D eigenvalue weighted by atomic mass is 10.2. The second-order valence-electron chi connectivity index (χ2n) is 5.79. The predicted molar refractivity (Wildman–Crippen MR) is 109 cm³/mol. The van der Waals surface area contributed by atoms with Crippen LogP contribution >= 0.6 is 35.0 Å². The molecule has 0 aliphatic heterocycles. The van der Waals surface area contributed by atoms with Crippen molar-refractivity contribution >= 4 is 40.9 Å². The Morgan fingerprint density at radius 1 is 1.21 bits per heavy atom. The van der Waals surface area contributed by atoms with Gasteiger partial charge in [-0.1, -0.05) is 65.3 Å². The maximum atomic E-state index is 12.0. The fourth-order valence-electron chi connectivity index (χ4n) is 2.23. The largest absolute Gasteiger partial charge is 0.479 e. The van der Waals surface area contributed by atoms with Crippen molar-refractivity contribution in [2.45, 2.75) is 24.8 Å². The summed E-state index contributed by atoms with van der Waals surface area (Å²) < 4.78 is 11.3. The molecule has 0 bridgehead atoms. The van der Waals surface area contributed by atoms with Crippen LogP contribution in [0.3, 0.4) is 0 Å². The number of rotatable bonds is 8. The Morgan fingerprint density at radius 2 is 2.00 bits per heavy atom. The van der Waals surface area contributed by atoms with Crippen LogP contribution in [-0.2, 0) is 11.3 Å². The normalized spacial score (nSPS) is 11.8. The molecule has 0 unspecified atom stereocenters. The highest BCUT2D eigenvalue weighted by Crippen LogP contribution is 2.31. The van der Waals surface area contributed by atoms with Gasteiger partial charge in [-0.2, -0.15) is 0 Å². The van der Waals surface area contributed by atoms with E-state index >= 15 is 0 Å². The fraction of sp³-hybridized carbons (Fsp3) is 0.211. The number of amides is 1. The molecule has 0 radical (unpaired) electrons. The number of ether oxygens (including phenoxy) is 1. The van der Waals surface area contributed by atoms with E-state index in [1.165, 1.54) is 0 Å². The van der Waals surface area contributed by atoms with Crippen LogP contribution in [0.4, 0.5) is 0 Å². The lowest BCUT2D eigenvalue weighted by Crippen LogP contribution is -2.24. The van der Waals surface area contributed by atoms with Crippen molar-refractivity contribution in [3.63, 3.8) is 0 Å². The van der Waals surface area contributed by atoms with Crippen molar-refractivity contribution in [1.82, 2.24) is 15.5 Å². The molecule has 0 aliphatic rings. The van der Waals surface area contributed by atoms with Gasteiger partial charge in [-0.15, -0.1) is 10.2 Å². The molecule has 1 atom stereocenters. The minimum absolute atomic E-state index is 0.120. The van der Waals surface area contributed by atoms with E-state index in [1.54, 1.807) is 25.1 Å². The van der Waals surface area contributed by atoms with Gasteiger partial charge in [0.15, 0.2) is 6.10 Å². The zero-order valence-electron chi connectivity index (χ0n) is 14.9. The third-order valence-electron chi connectivity index (χ3n) is 3.63. The highest BCUT2D eigenvalue weighted by Gasteiger charge is 2.18. The van der Waals surface area contributed by atoms with Crippen molar-refractivity contribution in [3.05, 3.63) is 70.0 Å². The number of nitrogens with one attached hydrogen (secondary N) is 1. The van der Waals surface area contributed by atoms with Crippen molar-refractivity contribution in [1.29, 1.82) is 0 Å². The summed E-state index contributed by atoms with van der Waals surface area (Å²) in [5.41, 5.74) is 1.03. The molecule has 1 N–H and O–H groups in total. The number of carbonyl (C=O) groups is 1. The topological polar surface area (TPSA) is 77.2 Å². The van der Waals surface area contributed by atoms with E-state index in [4.69, 9.17) is 32.4 Å². The number of nitrogens with zero attached hydrogens (tertiary/aromatic N) is 2. The Labute approximate surface area is 176 Å². The molecule has 0 aliphatic carbocycles. The van der Waals surface area contributed by atoms with Gasteiger partial charge in [0.1, 0.15) is 5.75 Å². The highest BCUT2D eigenvalue weighted by molar-refractivity contribution is 7.99. The third-order valence-corrected chi connectivity index (χ3v) is 4.98. The van der Waals surface area contributed by atoms with Gasteiger partial charge in [-0.05, 0) is 30.7 Å². The average molecular weight is 438 g/mol. The average Bonchev–Trinajstić information content (AvgIpc) is 3.17. The summed E-state index contributed by atoms with van der Waals surface area (Å²) in [6, 6.07) is 14.6. The van der Waals surface area contributed by atoms with Gasteiger partial charge >= 0.3 is 0 Å². The summed E-state index contributed by atoms with van der Waals surface area (Å²) in [4.78, 5) is 12.0. The highest BCUT2D eigenvalue weighted by atomic mass is 35.5. The van der Waals surface area contributed by atoms with Gasteiger partial charge in [-0.3, -0.25) is 4.79 Å². The number of halogens is 2. The van der Waals surface area contributed by atoms with E-state index in [9.17, 15) is 4.79 Å². The van der Waals surface area contributed by atoms with Crippen molar-refractivity contribution in [2.75, 3.05) is 5.75 Å². The standard InChI is InChI=1S/C19H17Cl2N3O3S/c1-12(26-16-8-7-14(20)9-15(16)21)18-23-24-19(27-18)28-11-17(25)22-10-13-5-3-2-4-6-13/h2-9,12H,10-11H2,1H3,(H,22,25)/t12-/m0/s1. The van der Waals surface area contributed by atoms with Gasteiger partial charge in [0.05, 0.1) is 10.8 Å². The van der Waals surface area contributed by atoms with Crippen LogP contribution in [0.2, 0.25) is 10.0 Å².